The van der Waals surface area contributed by atoms with E-state index in [2.05, 4.69) is 15.6 Å². The number of rotatable bonds is 1. The lowest BCUT2D eigenvalue weighted by molar-refractivity contribution is -0.139. The lowest BCUT2D eigenvalue weighted by atomic mass is 9.99. The van der Waals surface area contributed by atoms with Crippen molar-refractivity contribution in [2.45, 2.75) is 12.2 Å². The monoisotopic (exact) mass is 217 g/mol. The molecule has 82 valence electrons. The van der Waals surface area contributed by atoms with Gasteiger partial charge in [0.2, 0.25) is 0 Å². The second-order valence-corrected chi connectivity index (χ2v) is 3.97. The van der Waals surface area contributed by atoms with Crippen LogP contribution < -0.4 is 10.6 Å². The van der Waals surface area contributed by atoms with Gasteiger partial charge in [0.05, 0.1) is 17.4 Å². The summed E-state index contributed by atoms with van der Waals surface area (Å²) in [5.41, 5.74) is 1.90. The van der Waals surface area contributed by atoms with E-state index < -0.39 is 11.9 Å². The van der Waals surface area contributed by atoms with Crippen LogP contribution in [-0.2, 0) is 4.79 Å². The van der Waals surface area contributed by atoms with Crippen LogP contribution in [-0.4, -0.2) is 29.5 Å². The molecule has 0 amide bonds. The number of carbonyl (C=O) groups is 1. The molecular weight excluding hydrogens is 206 g/mol. The minimum Gasteiger partial charge on any atom is -0.481 e. The summed E-state index contributed by atoms with van der Waals surface area (Å²) in [6.07, 6.45) is 1.32. The first kappa shape index (κ1) is 9.21. The van der Waals surface area contributed by atoms with Crippen LogP contribution in [0.5, 0.6) is 0 Å². The predicted octanol–water partition coefficient (Wildman–Crippen LogP) is 1.00. The van der Waals surface area contributed by atoms with Gasteiger partial charge in [-0.25, -0.2) is 0 Å². The van der Waals surface area contributed by atoms with E-state index in [1.807, 2.05) is 24.3 Å². The fourth-order valence-corrected chi connectivity index (χ4v) is 2.15. The van der Waals surface area contributed by atoms with E-state index in [4.69, 9.17) is 5.11 Å². The summed E-state index contributed by atoms with van der Waals surface area (Å²) in [4.78, 5) is 15.2. The molecule has 2 aliphatic heterocycles. The molecule has 5 nitrogen and oxygen atoms in total. The van der Waals surface area contributed by atoms with E-state index in [1.165, 1.54) is 6.21 Å². The van der Waals surface area contributed by atoms with Crippen LogP contribution in [0, 0.1) is 5.92 Å². The Balaban J connectivity index is 1.94. The highest BCUT2D eigenvalue weighted by molar-refractivity contribution is 5.93. The molecule has 0 saturated heterocycles. The number of nitrogens with one attached hydrogen (secondary N) is 2. The van der Waals surface area contributed by atoms with Crippen molar-refractivity contribution in [3.8, 4) is 0 Å². The van der Waals surface area contributed by atoms with Gasteiger partial charge in [0.15, 0.2) is 0 Å². The molecule has 3 rings (SSSR count). The van der Waals surface area contributed by atoms with Crippen LogP contribution in [0.4, 0.5) is 11.4 Å². The molecule has 1 aromatic rings. The number of anilines is 2. The molecule has 2 heterocycles. The number of benzene rings is 1. The number of fused-ring (bicyclic) bond motifs is 2. The number of carboxylic acid groups (broad SMARTS) is 1. The Morgan fingerprint density at radius 2 is 1.94 bits per heavy atom. The first-order valence-corrected chi connectivity index (χ1v) is 5.14. The summed E-state index contributed by atoms with van der Waals surface area (Å²) in [5.74, 6) is -1.41. The van der Waals surface area contributed by atoms with Gasteiger partial charge in [-0.2, -0.15) is 0 Å². The van der Waals surface area contributed by atoms with Crippen LogP contribution in [0.3, 0.4) is 0 Å². The summed E-state index contributed by atoms with van der Waals surface area (Å²) >= 11 is 0. The molecule has 3 unspecified atom stereocenters. The van der Waals surface area contributed by atoms with Gasteiger partial charge >= 0.3 is 5.97 Å². The summed E-state index contributed by atoms with van der Waals surface area (Å²) in [7, 11) is 0. The number of aliphatic carboxylic acids is 1. The quantitative estimate of drug-likeness (QED) is 0.656. The van der Waals surface area contributed by atoms with Crippen LogP contribution in [0.1, 0.15) is 0 Å². The van der Waals surface area contributed by atoms with E-state index in [1.54, 1.807) is 0 Å². The first-order valence-electron chi connectivity index (χ1n) is 5.14. The second-order valence-electron chi connectivity index (χ2n) is 3.97. The van der Waals surface area contributed by atoms with E-state index in [-0.39, 0.29) is 12.2 Å². The number of hydrogen-bond donors (Lipinski definition) is 3. The van der Waals surface area contributed by atoms with Crippen molar-refractivity contribution in [2.75, 3.05) is 10.6 Å². The zero-order valence-electron chi connectivity index (χ0n) is 8.42. The molecular formula is C11H11N3O2. The maximum absolute atomic E-state index is 11.0. The highest BCUT2D eigenvalue weighted by Crippen LogP contribution is 2.33. The number of aliphatic imine (C=N–C) groups is 1. The third kappa shape index (κ3) is 1.25. The van der Waals surface area contributed by atoms with Gasteiger partial charge in [-0.1, -0.05) is 12.1 Å². The fraction of sp³-hybridized carbons (Fsp3) is 0.273. The molecule has 0 spiro atoms. The molecule has 0 fully saturated rings. The summed E-state index contributed by atoms with van der Waals surface area (Å²) in [6.45, 7) is 0. The minimum atomic E-state index is -0.843. The molecule has 3 atom stereocenters. The Morgan fingerprint density at radius 1 is 1.25 bits per heavy atom. The van der Waals surface area contributed by atoms with E-state index in [9.17, 15) is 4.79 Å². The maximum atomic E-state index is 11.0. The highest BCUT2D eigenvalue weighted by Gasteiger charge is 2.40. The van der Waals surface area contributed by atoms with Gasteiger partial charge < -0.3 is 15.7 Å². The third-order valence-electron chi connectivity index (χ3n) is 2.97. The number of nitrogens with zero attached hydrogens (tertiary/aromatic N) is 1. The van der Waals surface area contributed by atoms with E-state index in [0.29, 0.717) is 0 Å². The number of hydrogen-bond acceptors (Lipinski definition) is 4. The summed E-state index contributed by atoms with van der Waals surface area (Å²) in [6, 6.07) is 7.52. The van der Waals surface area contributed by atoms with Crippen LogP contribution in [0.2, 0.25) is 0 Å². The third-order valence-corrected chi connectivity index (χ3v) is 2.97. The Hall–Kier alpha value is -2.04. The summed E-state index contributed by atoms with van der Waals surface area (Å²) < 4.78 is 0. The smallest absolute Gasteiger partial charge is 0.314 e. The second kappa shape index (κ2) is 3.23. The van der Waals surface area contributed by atoms with Crippen molar-refractivity contribution in [3.63, 3.8) is 0 Å². The van der Waals surface area contributed by atoms with Crippen molar-refractivity contribution in [1.29, 1.82) is 0 Å². The molecule has 0 saturated carbocycles. The molecule has 0 aliphatic carbocycles. The standard InChI is InChI=1S/C11H11N3O2/c15-11(16)6-5-12-10-9(6)13-7-3-1-2-4-8(7)14-10/h1-6,9-10,13-14H,(H,15,16). The topological polar surface area (TPSA) is 73.7 Å². The average molecular weight is 217 g/mol. The predicted molar refractivity (Wildman–Crippen MR) is 60.9 cm³/mol. The van der Waals surface area contributed by atoms with Gasteiger partial charge in [-0.15, -0.1) is 0 Å². The molecule has 0 bridgehead atoms. The van der Waals surface area contributed by atoms with Crippen molar-refractivity contribution >= 4 is 23.6 Å². The Bertz CT molecular complexity index is 472. The first-order chi connectivity index (χ1) is 7.75. The molecule has 0 radical (unpaired) electrons. The van der Waals surface area contributed by atoms with Gasteiger partial charge in [-0.3, -0.25) is 9.79 Å². The lowest BCUT2D eigenvalue weighted by Crippen LogP contribution is -2.45. The summed E-state index contributed by atoms with van der Waals surface area (Å²) in [5, 5.41) is 15.5. The fourth-order valence-electron chi connectivity index (χ4n) is 2.15. The zero-order valence-corrected chi connectivity index (χ0v) is 8.42. The molecule has 3 N–H and O–H groups in total. The van der Waals surface area contributed by atoms with E-state index >= 15 is 0 Å². The van der Waals surface area contributed by atoms with Crippen molar-refractivity contribution in [3.05, 3.63) is 24.3 Å². The van der Waals surface area contributed by atoms with Crippen molar-refractivity contribution in [2.24, 2.45) is 10.9 Å². The highest BCUT2D eigenvalue weighted by atomic mass is 16.4. The molecule has 0 aromatic heterocycles. The van der Waals surface area contributed by atoms with Crippen LogP contribution >= 0.6 is 0 Å². The Kier molecular flexibility index (Phi) is 1.86. The van der Waals surface area contributed by atoms with Crippen LogP contribution in [0.15, 0.2) is 29.3 Å². The molecule has 5 heteroatoms. The Labute approximate surface area is 92.2 Å². The Morgan fingerprint density at radius 3 is 2.62 bits per heavy atom. The van der Waals surface area contributed by atoms with Crippen molar-refractivity contribution < 1.29 is 9.90 Å². The van der Waals surface area contributed by atoms with Gasteiger partial charge in [0.1, 0.15) is 12.1 Å². The number of para-hydroxylation sites is 2. The average Bonchev–Trinajstić information content (AvgIpc) is 2.68. The normalized spacial score (nSPS) is 29.9. The lowest BCUT2D eigenvalue weighted by Gasteiger charge is -2.31. The number of carboxylic acids is 1. The SMILES string of the molecule is O=C(O)C1C=NC2Nc3ccccc3NC21. The van der Waals surface area contributed by atoms with Gasteiger partial charge in [0, 0.05) is 6.21 Å². The van der Waals surface area contributed by atoms with Crippen molar-refractivity contribution in [1.82, 2.24) is 0 Å². The van der Waals surface area contributed by atoms with Gasteiger partial charge in [0.25, 0.3) is 0 Å². The van der Waals surface area contributed by atoms with Crippen LogP contribution in [0.25, 0.3) is 0 Å². The maximum Gasteiger partial charge on any atom is 0.314 e. The van der Waals surface area contributed by atoms with E-state index in [0.717, 1.165) is 11.4 Å². The molecule has 16 heavy (non-hydrogen) atoms. The van der Waals surface area contributed by atoms with Gasteiger partial charge in [-0.05, 0) is 12.1 Å². The zero-order chi connectivity index (χ0) is 11.1. The molecule has 1 aromatic carbocycles. The largest absolute Gasteiger partial charge is 0.481 e. The minimum absolute atomic E-state index is 0.184. The molecule has 2 aliphatic rings.